The Hall–Kier alpha value is -0.570. The molecule has 1 N–H and O–H groups in total. The lowest BCUT2D eigenvalue weighted by atomic mass is 9.51. The first kappa shape index (κ1) is 20.7. The van der Waals surface area contributed by atoms with Crippen LogP contribution in [-0.4, -0.2) is 22.3 Å². The Balaban J connectivity index is 1.65. The molecule has 0 aliphatic heterocycles. The van der Waals surface area contributed by atoms with Crippen LogP contribution in [0.25, 0.3) is 0 Å². The summed E-state index contributed by atoms with van der Waals surface area (Å²) in [5, 5.41) is 11.4. The number of carbonyl (C=O) groups excluding carboxylic acids is 1. The van der Waals surface area contributed by atoms with E-state index in [-0.39, 0.29) is 28.3 Å². The predicted octanol–water partition coefficient (Wildman–Crippen LogP) is 5.59. The average Bonchev–Trinajstić information content (AvgIpc) is 2.82. The van der Waals surface area contributed by atoms with Gasteiger partial charge in [-0.15, -0.1) is 0 Å². The van der Waals surface area contributed by atoms with Crippen LogP contribution in [0.15, 0.2) is 0 Å². The molecule has 0 heterocycles. The lowest BCUT2D eigenvalue weighted by Gasteiger charge is -2.59. The third kappa shape index (κ3) is 3.24. The molecule has 160 valence electrons. The summed E-state index contributed by atoms with van der Waals surface area (Å²) in [4.78, 5) is 13.7. The molecule has 0 saturated heterocycles. The molecule has 3 nitrogen and oxygen atoms in total. The van der Waals surface area contributed by atoms with Crippen molar-refractivity contribution >= 4 is 5.97 Å². The largest absolute Gasteiger partial charge is 0.458 e. The Labute approximate surface area is 172 Å². The second-order valence-corrected chi connectivity index (χ2v) is 13.3. The molecule has 4 rings (SSSR count). The number of carbonyl (C=O) groups is 1. The Bertz CT molecular complexity index is 641. The number of fused-ring (bicyclic) bond motifs is 2. The third-order valence-corrected chi connectivity index (χ3v) is 8.83. The Morgan fingerprint density at radius 2 is 1.61 bits per heavy atom. The summed E-state index contributed by atoms with van der Waals surface area (Å²) in [5.74, 6) is 2.17. The summed E-state index contributed by atoms with van der Waals surface area (Å²) >= 11 is 0. The molecule has 0 radical (unpaired) electrons. The highest BCUT2D eigenvalue weighted by Gasteiger charge is 2.68. The van der Waals surface area contributed by atoms with Gasteiger partial charge in [0.25, 0.3) is 0 Å². The molecule has 0 aromatic heterocycles. The van der Waals surface area contributed by atoms with Gasteiger partial charge in [-0.05, 0) is 79.4 Å². The van der Waals surface area contributed by atoms with Crippen LogP contribution in [0.3, 0.4) is 0 Å². The summed E-state index contributed by atoms with van der Waals surface area (Å²) in [5.41, 5.74) is -0.841. The molecule has 3 heteroatoms. The molecule has 4 aliphatic carbocycles. The summed E-state index contributed by atoms with van der Waals surface area (Å²) in [6, 6.07) is 0. The van der Waals surface area contributed by atoms with Crippen molar-refractivity contribution in [3.05, 3.63) is 0 Å². The highest BCUT2D eigenvalue weighted by atomic mass is 16.6. The molecule has 4 fully saturated rings. The van der Waals surface area contributed by atoms with Crippen LogP contribution in [0, 0.1) is 46.3 Å². The lowest BCUT2D eigenvalue weighted by molar-refractivity contribution is -0.226. The van der Waals surface area contributed by atoms with E-state index in [2.05, 4.69) is 48.5 Å². The van der Waals surface area contributed by atoms with E-state index in [0.717, 1.165) is 44.9 Å². The van der Waals surface area contributed by atoms with E-state index in [9.17, 15) is 9.90 Å². The van der Waals surface area contributed by atoms with Crippen molar-refractivity contribution in [2.24, 2.45) is 46.3 Å². The number of rotatable bonds is 3. The van der Waals surface area contributed by atoms with E-state index in [1.54, 1.807) is 0 Å². The van der Waals surface area contributed by atoms with Crippen LogP contribution in [0.1, 0.15) is 93.4 Å². The van der Waals surface area contributed by atoms with Crippen LogP contribution in [0.2, 0.25) is 0 Å². The molecule has 28 heavy (non-hydrogen) atoms. The van der Waals surface area contributed by atoms with Gasteiger partial charge in [-0.1, -0.05) is 48.5 Å². The maximum atomic E-state index is 13.7. The van der Waals surface area contributed by atoms with Gasteiger partial charge in [-0.25, -0.2) is 0 Å². The predicted molar refractivity (Wildman–Crippen MR) is 112 cm³/mol. The number of aliphatic hydroxyl groups is 1. The number of esters is 1. The number of hydrogen-bond donors (Lipinski definition) is 1. The minimum absolute atomic E-state index is 0.0168. The van der Waals surface area contributed by atoms with Crippen molar-refractivity contribution in [3.8, 4) is 0 Å². The molecule has 0 spiro atoms. The van der Waals surface area contributed by atoms with Gasteiger partial charge in [0.05, 0.1) is 11.5 Å². The van der Waals surface area contributed by atoms with Crippen molar-refractivity contribution < 1.29 is 14.6 Å². The van der Waals surface area contributed by atoms with Gasteiger partial charge < -0.3 is 9.84 Å². The van der Waals surface area contributed by atoms with E-state index in [1.165, 1.54) is 0 Å². The van der Waals surface area contributed by atoms with E-state index >= 15 is 0 Å². The fraction of sp³-hybridized carbons (Fsp3) is 0.960. The first-order chi connectivity index (χ1) is 12.7. The molecule has 0 aromatic carbocycles. The summed E-state index contributed by atoms with van der Waals surface area (Å²) < 4.78 is 6.67. The molecule has 8 atom stereocenters. The quantitative estimate of drug-likeness (QED) is 0.639. The minimum atomic E-state index is -0.485. The molecular weight excluding hydrogens is 348 g/mol. The lowest BCUT2D eigenvalue weighted by Crippen LogP contribution is -2.62. The monoisotopic (exact) mass is 390 g/mol. The fourth-order valence-corrected chi connectivity index (χ4v) is 7.77. The fourth-order valence-electron chi connectivity index (χ4n) is 7.77. The van der Waals surface area contributed by atoms with Gasteiger partial charge in [0.15, 0.2) is 0 Å². The second-order valence-electron chi connectivity index (χ2n) is 13.3. The summed E-state index contributed by atoms with van der Waals surface area (Å²) in [6.45, 7) is 15.5. The molecule has 8 unspecified atom stereocenters. The molecule has 4 saturated carbocycles. The number of ether oxygens (including phenoxy) is 1. The van der Waals surface area contributed by atoms with Crippen molar-refractivity contribution in [2.45, 2.75) is 105 Å². The Morgan fingerprint density at radius 3 is 2.21 bits per heavy atom. The zero-order valence-corrected chi connectivity index (χ0v) is 19.2. The SMILES string of the molecule is CC1CC2CC3C4CC(CC4(O)C2)CC13OC(=O)C(CC(C)(C)C)C(C)(C)C. The van der Waals surface area contributed by atoms with Gasteiger partial charge in [0, 0.05) is 5.92 Å². The average molecular weight is 391 g/mol. The van der Waals surface area contributed by atoms with Crippen molar-refractivity contribution in [2.75, 3.05) is 0 Å². The number of hydrogen-bond acceptors (Lipinski definition) is 3. The Kier molecular flexibility index (Phi) is 4.60. The van der Waals surface area contributed by atoms with Crippen LogP contribution in [-0.2, 0) is 9.53 Å². The molecule has 4 bridgehead atoms. The van der Waals surface area contributed by atoms with Crippen molar-refractivity contribution in [3.63, 3.8) is 0 Å². The standard InChI is InChI=1S/C25H42O3/c1-15-8-16-9-19-18-10-17(12-24(18,27)11-16)13-25(15,19)28-21(26)20(23(5,6)7)14-22(2,3)4/h15-20,27H,8-14H2,1-7H3. The Morgan fingerprint density at radius 1 is 1.00 bits per heavy atom. The van der Waals surface area contributed by atoms with Gasteiger partial charge in [-0.2, -0.15) is 0 Å². The van der Waals surface area contributed by atoms with E-state index < -0.39 is 5.60 Å². The second kappa shape index (κ2) is 6.22. The molecule has 4 aliphatic rings. The first-order valence-corrected chi connectivity index (χ1v) is 11.7. The smallest absolute Gasteiger partial charge is 0.310 e. The van der Waals surface area contributed by atoms with Gasteiger partial charge in [0.1, 0.15) is 5.60 Å². The van der Waals surface area contributed by atoms with E-state index in [0.29, 0.717) is 29.6 Å². The maximum Gasteiger partial charge on any atom is 0.310 e. The van der Waals surface area contributed by atoms with Gasteiger partial charge >= 0.3 is 5.97 Å². The van der Waals surface area contributed by atoms with Crippen LogP contribution < -0.4 is 0 Å². The third-order valence-electron chi connectivity index (χ3n) is 8.83. The van der Waals surface area contributed by atoms with E-state index in [4.69, 9.17) is 4.74 Å². The van der Waals surface area contributed by atoms with Crippen molar-refractivity contribution in [1.82, 2.24) is 0 Å². The normalized spacial score (nSPS) is 45.8. The zero-order valence-electron chi connectivity index (χ0n) is 19.2. The topological polar surface area (TPSA) is 46.5 Å². The van der Waals surface area contributed by atoms with Crippen molar-refractivity contribution in [1.29, 1.82) is 0 Å². The molecular formula is C25H42O3. The minimum Gasteiger partial charge on any atom is -0.458 e. The first-order valence-electron chi connectivity index (χ1n) is 11.7. The van der Waals surface area contributed by atoms with E-state index in [1.807, 2.05) is 0 Å². The highest BCUT2D eigenvalue weighted by molar-refractivity contribution is 5.74. The van der Waals surface area contributed by atoms with Crippen LogP contribution >= 0.6 is 0 Å². The highest BCUT2D eigenvalue weighted by Crippen LogP contribution is 2.67. The summed E-state index contributed by atoms with van der Waals surface area (Å²) in [7, 11) is 0. The van der Waals surface area contributed by atoms with Crippen LogP contribution in [0.4, 0.5) is 0 Å². The summed E-state index contributed by atoms with van der Waals surface area (Å²) in [6.07, 6.45) is 7.13. The molecule has 0 aromatic rings. The molecule has 0 amide bonds. The van der Waals surface area contributed by atoms with Gasteiger partial charge in [0.2, 0.25) is 0 Å². The van der Waals surface area contributed by atoms with Crippen LogP contribution in [0.5, 0.6) is 0 Å². The van der Waals surface area contributed by atoms with Gasteiger partial charge in [-0.3, -0.25) is 4.79 Å². The maximum absolute atomic E-state index is 13.7. The zero-order chi connectivity index (χ0) is 20.7.